The van der Waals surface area contributed by atoms with Gasteiger partial charge >= 0.3 is 0 Å². The zero-order valence-corrected chi connectivity index (χ0v) is 11.7. The number of hydrogen-bond acceptors (Lipinski definition) is 3. The van der Waals surface area contributed by atoms with Gasteiger partial charge in [0, 0.05) is 22.9 Å². The Kier molecular flexibility index (Phi) is 4.98. The van der Waals surface area contributed by atoms with Crippen LogP contribution in [0.25, 0.3) is 0 Å². The topological polar surface area (TPSA) is 67.1 Å². The van der Waals surface area contributed by atoms with E-state index >= 15 is 0 Å². The molecule has 0 saturated carbocycles. The Morgan fingerprint density at radius 3 is 2.50 bits per heavy atom. The summed E-state index contributed by atoms with van der Waals surface area (Å²) in [6.07, 6.45) is 0. The fourth-order valence-corrected chi connectivity index (χ4v) is 1.87. The van der Waals surface area contributed by atoms with Gasteiger partial charge in [0.05, 0.1) is 6.54 Å². The van der Waals surface area contributed by atoms with E-state index in [1.165, 1.54) is 0 Å². The predicted molar refractivity (Wildman–Crippen MR) is 82.6 cm³/mol. The molecule has 0 atom stereocenters. The Labute approximate surface area is 122 Å². The second kappa shape index (κ2) is 6.93. The Bertz CT molecular complexity index is 584. The van der Waals surface area contributed by atoms with Gasteiger partial charge in [-0.2, -0.15) is 0 Å². The highest BCUT2D eigenvalue weighted by Gasteiger charge is 2.03. The van der Waals surface area contributed by atoms with Crippen molar-refractivity contribution in [1.82, 2.24) is 5.32 Å². The number of para-hydroxylation sites is 1. The molecule has 1 amide bonds. The van der Waals surface area contributed by atoms with Crippen molar-refractivity contribution in [3.63, 3.8) is 0 Å². The normalized spacial score (nSPS) is 10.2. The number of nitrogens with one attached hydrogen (secondary N) is 2. The van der Waals surface area contributed by atoms with E-state index in [0.717, 1.165) is 16.9 Å². The molecule has 0 saturated heterocycles. The third kappa shape index (κ3) is 4.26. The van der Waals surface area contributed by atoms with Gasteiger partial charge in [0.1, 0.15) is 0 Å². The van der Waals surface area contributed by atoms with E-state index in [2.05, 4.69) is 10.6 Å². The zero-order valence-electron chi connectivity index (χ0n) is 10.9. The molecule has 0 aromatic heterocycles. The molecule has 4 nitrogen and oxygen atoms in total. The Morgan fingerprint density at radius 2 is 1.80 bits per heavy atom. The minimum Gasteiger partial charge on any atom is -0.398 e. The van der Waals surface area contributed by atoms with Crippen molar-refractivity contribution < 1.29 is 4.79 Å². The van der Waals surface area contributed by atoms with Crippen molar-refractivity contribution in [2.24, 2.45) is 0 Å². The number of hydrogen-bond donors (Lipinski definition) is 3. The Balaban J connectivity index is 1.78. The maximum Gasteiger partial charge on any atom is 0.238 e. The number of rotatable bonds is 5. The van der Waals surface area contributed by atoms with Crippen LogP contribution >= 0.6 is 11.6 Å². The van der Waals surface area contributed by atoms with Crippen LogP contribution in [0, 0.1) is 0 Å². The summed E-state index contributed by atoms with van der Waals surface area (Å²) < 4.78 is 0. The fraction of sp³-hybridized carbons (Fsp3) is 0.133. The summed E-state index contributed by atoms with van der Waals surface area (Å²) in [5.74, 6) is -0.109. The van der Waals surface area contributed by atoms with E-state index in [1.807, 2.05) is 24.3 Å². The summed E-state index contributed by atoms with van der Waals surface area (Å²) in [5.41, 5.74) is 8.24. The van der Waals surface area contributed by atoms with Crippen LogP contribution in [0.5, 0.6) is 0 Å². The molecule has 0 fully saturated rings. The second-order valence-electron chi connectivity index (χ2n) is 4.36. The van der Waals surface area contributed by atoms with Gasteiger partial charge in [0.25, 0.3) is 0 Å². The minimum absolute atomic E-state index is 0.109. The molecule has 0 bridgehead atoms. The SMILES string of the molecule is Nc1ccccc1CNCC(=O)Nc1ccc(Cl)cc1. The van der Waals surface area contributed by atoms with Gasteiger partial charge in [0.2, 0.25) is 5.91 Å². The standard InChI is InChI=1S/C15H16ClN3O/c16-12-5-7-13(8-6-12)19-15(20)10-18-9-11-3-1-2-4-14(11)17/h1-8,18H,9-10,17H2,(H,19,20). The Hall–Kier alpha value is -2.04. The summed E-state index contributed by atoms with van der Waals surface area (Å²) in [4.78, 5) is 11.7. The first-order chi connectivity index (χ1) is 9.65. The molecule has 2 rings (SSSR count). The van der Waals surface area contributed by atoms with Crippen LogP contribution in [-0.4, -0.2) is 12.5 Å². The van der Waals surface area contributed by atoms with Crippen molar-refractivity contribution >= 4 is 28.9 Å². The van der Waals surface area contributed by atoms with Crippen LogP contribution < -0.4 is 16.4 Å². The van der Waals surface area contributed by atoms with Gasteiger partial charge in [-0.1, -0.05) is 29.8 Å². The number of anilines is 2. The number of amides is 1. The van der Waals surface area contributed by atoms with E-state index < -0.39 is 0 Å². The molecular weight excluding hydrogens is 274 g/mol. The highest BCUT2D eigenvalue weighted by atomic mass is 35.5. The zero-order chi connectivity index (χ0) is 14.4. The molecule has 104 valence electrons. The van der Waals surface area contributed by atoms with Gasteiger partial charge in [-0.15, -0.1) is 0 Å². The molecule has 0 unspecified atom stereocenters. The van der Waals surface area contributed by atoms with Gasteiger partial charge in [-0.3, -0.25) is 4.79 Å². The first-order valence-corrected chi connectivity index (χ1v) is 6.62. The summed E-state index contributed by atoms with van der Waals surface area (Å²) in [7, 11) is 0. The average Bonchev–Trinajstić information content (AvgIpc) is 2.43. The van der Waals surface area contributed by atoms with E-state index in [0.29, 0.717) is 11.6 Å². The van der Waals surface area contributed by atoms with Crippen LogP contribution in [0.15, 0.2) is 48.5 Å². The molecule has 0 spiro atoms. The van der Waals surface area contributed by atoms with E-state index in [-0.39, 0.29) is 12.5 Å². The van der Waals surface area contributed by atoms with Crippen molar-refractivity contribution in [2.75, 3.05) is 17.6 Å². The maximum atomic E-state index is 11.7. The van der Waals surface area contributed by atoms with Crippen molar-refractivity contribution in [3.05, 3.63) is 59.1 Å². The molecule has 0 aliphatic rings. The van der Waals surface area contributed by atoms with Crippen molar-refractivity contribution in [1.29, 1.82) is 0 Å². The van der Waals surface area contributed by atoms with Crippen molar-refractivity contribution in [2.45, 2.75) is 6.54 Å². The molecule has 2 aromatic carbocycles. The summed E-state index contributed by atoms with van der Waals surface area (Å²) in [6.45, 7) is 0.775. The number of nitrogens with two attached hydrogens (primary N) is 1. The largest absolute Gasteiger partial charge is 0.398 e. The lowest BCUT2D eigenvalue weighted by atomic mass is 10.2. The number of carbonyl (C=O) groups excluding carboxylic acids is 1. The molecular formula is C15H16ClN3O. The second-order valence-corrected chi connectivity index (χ2v) is 4.79. The molecule has 20 heavy (non-hydrogen) atoms. The number of carbonyl (C=O) groups is 1. The lowest BCUT2D eigenvalue weighted by Gasteiger charge is -2.08. The number of benzene rings is 2. The third-order valence-corrected chi connectivity index (χ3v) is 3.04. The summed E-state index contributed by atoms with van der Waals surface area (Å²) in [6, 6.07) is 14.5. The quantitative estimate of drug-likeness (QED) is 0.741. The van der Waals surface area contributed by atoms with Crippen LogP contribution in [0.2, 0.25) is 5.02 Å². The monoisotopic (exact) mass is 289 g/mol. The predicted octanol–water partition coefficient (Wildman–Crippen LogP) is 2.65. The smallest absolute Gasteiger partial charge is 0.238 e. The Morgan fingerprint density at radius 1 is 1.10 bits per heavy atom. The molecule has 0 heterocycles. The highest BCUT2D eigenvalue weighted by Crippen LogP contribution is 2.13. The average molecular weight is 290 g/mol. The number of nitrogen functional groups attached to an aromatic ring is 1. The lowest BCUT2D eigenvalue weighted by Crippen LogP contribution is -2.27. The van der Waals surface area contributed by atoms with E-state index in [1.54, 1.807) is 24.3 Å². The molecule has 0 aliphatic carbocycles. The van der Waals surface area contributed by atoms with Crippen LogP contribution in [0.1, 0.15) is 5.56 Å². The van der Waals surface area contributed by atoms with Gasteiger partial charge in [0.15, 0.2) is 0 Å². The van der Waals surface area contributed by atoms with Crippen LogP contribution in [0.3, 0.4) is 0 Å². The van der Waals surface area contributed by atoms with E-state index in [9.17, 15) is 4.79 Å². The van der Waals surface area contributed by atoms with Crippen LogP contribution in [0.4, 0.5) is 11.4 Å². The third-order valence-electron chi connectivity index (χ3n) is 2.78. The molecule has 5 heteroatoms. The highest BCUT2D eigenvalue weighted by molar-refractivity contribution is 6.30. The van der Waals surface area contributed by atoms with Crippen LogP contribution in [-0.2, 0) is 11.3 Å². The fourth-order valence-electron chi connectivity index (χ4n) is 1.74. The van der Waals surface area contributed by atoms with Crippen molar-refractivity contribution in [3.8, 4) is 0 Å². The molecule has 0 radical (unpaired) electrons. The maximum absolute atomic E-state index is 11.7. The van der Waals surface area contributed by atoms with Gasteiger partial charge < -0.3 is 16.4 Å². The first-order valence-electron chi connectivity index (χ1n) is 6.24. The summed E-state index contributed by atoms with van der Waals surface area (Å²) in [5, 5.41) is 6.47. The molecule has 2 aromatic rings. The number of halogens is 1. The minimum atomic E-state index is -0.109. The first kappa shape index (κ1) is 14.4. The molecule has 0 aliphatic heterocycles. The van der Waals surface area contributed by atoms with Gasteiger partial charge in [-0.25, -0.2) is 0 Å². The lowest BCUT2D eigenvalue weighted by molar-refractivity contribution is -0.115. The summed E-state index contributed by atoms with van der Waals surface area (Å²) >= 11 is 5.78. The van der Waals surface area contributed by atoms with E-state index in [4.69, 9.17) is 17.3 Å². The van der Waals surface area contributed by atoms with Gasteiger partial charge in [-0.05, 0) is 35.9 Å². The molecule has 4 N–H and O–H groups in total.